The maximum Gasteiger partial charge on any atom is 0.256 e. The van der Waals surface area contributed by atoms with Crippen LogP contribution < -0.4 is 0 Å². The Balaban J connectivity index is 2.07. The Morgan fingerprint density at radius 1 is 0.958 bits per heavy atom. The average Bonchev–Trinajstić information content (AvgIpc) is 2.83. The fourth-order valence-corrected chi connectivity index (χ4v) is 3.43. The number of halogens is 3. The molecular weight excluding hydrogens is 339 g/mol. The molecule has 0 saturated heterocycles. The summed E-state index contributed by atoms with van der Waals surface area (Å²) in [6.45, 7) is 0. The number of hydrogen-bond donors (Lipinski definition) is 0. The molecule has 0 saturated carbocycles. The van der Waals surface area contributed by atoms with E-state index in [9.17, 15) is 21.6 Å². The van der Waals surface area contributed by atoms with Crippen molar-refractivity contribution in [1.29, 1.82) is 0 Å². The molecule has 0 bridgehead atoms. The highest BCUT2D eigenvalue weighted by Gasteiger charge is 2.40. The van der Waals surface area contributed by atoms with E-state index < -0.39 is 34.5 Å². The summed E-state index contributed by atoms with van der Waals surface area (Å²) in [5.74, 6) is -3.57. The van der Waals surface area contributed by atoms with Crippen LogP contribution in [0.5, 0.6) is 0 Å². The van der Waals surface area contributed by atoms with Crippen molar-refractivity contribution in [3.05, 3.63) is 59.7 Å². The molecule has 1 aliphatic carbocycles. The molecule has 1 heterocycles. The lowest BCUT2D eigenvalue weighted by Crippen LogP contribution is -2.10. The van der Waals surface area contributed by atoms with E-state index in [1.54, 1.807) is 0 Å². The van der Waals surface area contributed by atoms with Crippen LogP contribution in [0.3, 0.4) is 0 Å². The van der Waals surface area contributed by atoms with Gasteiger partial charge in [0.1, 0.15) is 0 Å². The molecule has 0 unspecified atom stereocenters. The molecule has 0 N–H and O–H groups in total. The number of aromatic nitrogens is 1. The van der Waals surface area contributed by atoms with Crippen molar-refractivity contribution in [2.75, 3.05) is 6.26 Å². The molecule has 0 radical (unpaired) electrons. The number of pyridine rings is 1. The summed E-state index contributed by atoms with van der Waals surface area (Å²) in [4.78, 5) is 3.65. The lowest BCUT2D eigenvalue weighted by atomic mass is 9.98. The average molecular weight is 353 g/mol. The van der Waals surface area contributed by atoms with Crippen molar-refractivity contribution in [3.63, 3.8) is 0 Å². The molecular formula is C17H14F3NO2S. The highest BCUT2D eigenvalue weighted by molar-refractivity contribution is 7.90. The molecule has 0 aliphatic heterocycles. The van der Waals surface area contributed by atoms with Crippen LogP contribution in [0.2, 0.25) is 0 Å². The second-order valence-corrected chi connectivity index (χ2v) is 7.85. The molecule has 1 aromatic heterocycles. The van der Waals surface area contributed by atoms with Crippen molar-refractivity contribution in [3.8, 4) is 0 Å². The third-order valence-electron chi connectivity index (χ3n) is 3.94. The zero-order valence-corrected chi connectivity index (χ0v) is 13.6. The molecule has 1 aliphatic rings. The van der Waals surface area contributed by atoms with Crippen molar-refractivity contribution in [1.82, 2.24) is 4.98 Å². The smallest absolute Gasteiger partial charge is 0.228 e. The van der Waals surface area contributed by atoms with Crippen molar-refractivity contribution in [2.24, 2.45) is 0 Å². The summed E-state index contributed by atoms with van der Waals surface area (Å²) in [5, 5.41) is 0. The second-order valence-electron chi connectivity index (χ2n) is 5.83. The van der Waals surface area contributed by atoms with E-state index >= 15 is 0 Å². The number of alkyl halides is 2. The lowest BCUT2D eigenvalue weighted by molar-refractivity contribution is 0.0187. The van der Waals surface area contributed by atoms with Crippen LogP contribution in [-0.4, -0.2) is 25.6 Å². The molecule has 24 heavy (non-hydrogen) atoms. The molecule has 3 nitrogen and oxygen atoms in total. The van der Waals surface area contributed by atoms with Gasteiger partial charge in [-0.1, -0.05) is 12.1 Å². The normalized spacial score (nSPS) is 17.3. The van der Waals surface area contributed by atoms with Gasteiger partial charge in [0.2, 0.25) is 5.95 Å². The predicted octanol–water partition coefficient (Wildman–Crippen LogP) is 3.96. The van der Waals surface area contributed by atoms with Crippen LogP contribution in [0.1, 0.15) is 24.0 Å². The predicted molar refractivity (Wildman–Crippen MR) is 84.7 cm³/mol. The number of rotatable bonds is 3. The quantitative estimate of drug-likeness (QED) is 0.785. The van der Waals surface area contributed by atoms with E-state index in [0.29, 0.717) is 22.3 Å². The van der Waals surface area contributed by atoms with Gasteiger partial charge in [-0.25, -0.2) is 22.2 Å². The van der Waals surface area contributed by atoms with Gasteiger partial charge in [-0.3, -0.25) is 0 Å². The molecule has 7 heteroatoms. The Hall–Kier alpha value is -2.15. The van der Waals surface area contributed by atoms with Crippen LogP contribution >= 0.6 is 0 Å². The minimum Gasteiger partial charge on any atom is -0.228 e. The SMILES string of the molecule is CS(=O)(=O)c1ccc(C2=C(c3ccc(F)nc3)CC(F)(F)C2)cc1. The Labute approximate surface area is 137 Å². The Bertz CT molecular complexity index is 902. The highest BCUT2D eigenvalue weighted by Crippen LogP contribution is 2.47. The summed E-state index contributed by atoms with van der Waals surface area (Å²) >= 11 is 0. The maximum atomic E-state index is 13.9. The number of sulfone groups is 1. The zero-order chi connectivity index (χ0) is 17.5. The first kappa shape index (κ1) is 16.7. The minimum atomic E-state index is -3.35. The van der Waals surface area contributed by atoms with Crippen LogP contribution in [0.15, 0.2) is 47.5 Å². The van der Waals surface area contributed by atoms with Gasteiger partial charge in [0.05, 0.1) is 4.90 Å². The topological polar surface area (TPSA) is 47.0 Å². The van der Waals surface area contributed by atoms with Gasteiger partial charge >= 0.3 is 0 Å². The summed E-state index contributed by atoms with van der Waals surface area (Å²) in [6, 6.07) is 8.38. The minimum absolute atomic E-state index is 0.126. The summed E-state index contributed by atoms with van der Waals surface area (Å²) in [7, 11) is -3.35. The summed E-state index contributed by atoms with van der Waals surface area (Å²) in [5.41, 5.74) is 1.79. The molecule has 0 spiro atoms. The molecule has 0 amide bonds. The first-order valence-electron chi connectivity index (χ1n) is 7.18. The fraction of sp³-hybridized carbons (Fsp3) is 0.235. The summed E-state index contributed by atoms with van der Waals surface area (Å²) in [6.07, 6.45) is 1.42. The van der Waals surface area contributed by atoms with Crippen molar-refractivity contribution < 1.29 is 21.6 Å². The Kier molecular flexibility index (Phi) is 3.99. The van der Waals surface area contributed by atoms with E-state index in [1.165, 1.54) is 36.5 Å². The van der Waals surface area contributed by atoms with E-state index in [1.807, 2.05) is 0 Å². The third-order valence-corrected chi connectivity index (χ3v) is 5.07. The number of allylic oxidation sites excluding steroid dienone is 2. The van der Waals surface area contributed by atoms with E-state index in [2.05, 4.69) is 4.98 Å². The number of benzene rings is 1. The first-order valence-corrected chi connectivity index (χ1v) is 9.07. The lowest BCUT2D eigenvalue weighted by Gasteiger charge is -2.08. The monoisotopic (exact) mass is 353 g/mol. The van der Waals surface area contributed by atoms with Gasteiger partial charge < -0.3 is 0 Å². The van der Waals surface area contributed by atoms with E-state index in [-0.39, 0.29) is 4.90 Å². The van der Waals surface area contributed by atoms with Gasteiger partial charge in [0, 0.05) is 25.3 Å². The van der Waals surface area contributed by atoms with Crippen LogP contribution in [0.4, 0.5) is 13.2 Å². The van der Waals surface area contributed by atoms with E-state index in [4.69, 9.17) is 0 Å². The van der Waals surface area contributed by atoms with Crippen molar-refractivity contribution in [2.45, 2.75) is 23.7 Å². The Morgan fingerprint density at radius 2 is 1.50 bits per heavy atom. The molecule has 1 aromatic carbocycles. The van der Waals surface area contributed by atoms with Gasteiger partial charge in [-0.2, -0.15) is 4.39 Å². The molecule has 0 fully saturated rings. The van der Waals surface area contributed by atoms with Crippen LogP contribution in [0, 0.1) is 5.95 Å². The van der Waals surface area contributed by atoms with E-state index in [0.717, 1.165) is 12.3 Å². The van der Waals surface area contributed by atoms with Gasteiger partial charge in [0.15, 0.2) is 9.84 Å². The van der Waals surface area contributed by atoms with Gasteiger partial charge in [-0.05, 0) is 46.5 Å². The number of hydrogen-bond acceptors (Lipinski definition) is 3. The highest BCUT2D eigenvalue weighted by atomic mass is 32.2. The first-order chi connectivity index (χ1) is 11.2. The zero-order valence-electron chi connectivity index (χ0n) is 12.8. The van der Waals surface area contributed by atoms with Gasteiger partial charge in [0.25, 0.3) is 5.92 Å². The maximum absolute atomic E-state index is 13.9. The molecule has 0 atom stereocenters. The second kappa shape index (κ2) is 5.73. The number of nitrogens with zero attached hydrogens (tertiary/aromatic N) is 1. The third kappa shape index (κ3) is 3.36. The van der Waals surface area contributed by atoms with Crippen molar-refractivity contribution >= 4 is 21.0 Å². The van der Waals surface area contributed by atoms with Crippen LogP contribution in [0.25, 0.3) is 11.1 Å². The largest absolute Gasteiger partial charge is 0.256 e. The molecule has 126 valence electrons. The van der Waals surface area contributed by atoms with Crippen LogP contribution in [-0.2, 0) is 9.84 Å². The molecule has 3 rings (SSSR count). The Morgan fingerprint density at radius 3 is 2.00 bits per heavy atom. The molecule has 2 aromatic rings. The summed E-state index contributed by atoms with van der Waals surface area (Å²) < 4.78 is 63.9. The standard InChI is InChI=1S/C17H14F3NO2S/c1-24(22,23)13-5-2-11(3-6-13)14-8-17(19,20)9-15(14)12-4-7-16(18)21-10-12/h2-7,10H,8-9H2,1H3. The fourth-order valence-electron chi connectivity index (χ4n) is 2.80. The van der Waals surface area contributed by atoms with Gasteiger partial charge in [-0.15, -0.1) is 0 Å².